The lowest BCUT2D eigenvalue weighted by Crippen LogP contribution is -2.74. The molecule has 210 valence electrons. The van der Waals surface area contributed by atoms with Crippen LogP contribution in [0.2, 0.25) is 0 Å². The third kappa shape index (κ3) is 3.81. The Kier molecular flexibility index (Phi) is 6.58. The number of Topliss-reactive ketones (excluding diaryl/α,β-unsaturated/α-hetero) is 4. The molecule has 6 unspecified atom stereocenters. The Morgan fingerprint density at radius 3 is 2.26 bits per heavy atom. The van der Waals surface area contributed by atoms with Crippen molar-refractivity contribution in [1.29, 1.82) is 0 Å². The predicted octanol–water partition coefficient (Wildman–Crippen LogP) is -0.0767. The minimum Gasteiger partial charge on any atom is -0.505 e. The molecule has 4 N–H and O–H groups in total. The van der Waals surface area contributed by atoms with Crippen molar-refractivity contribution in [3.8, 4) is 5.75 Å². The van der Waals surface area contributed by atoms with Crippen LogP contribution in [0.1, 0.15) is 41.6 Å². The predicted molar refractivity (Wildman–Crippen MR) is 142 cm³/mol. The molecule has 3 aliphatic carbocycles. The van der Waals surface area contributed by atoms with Crippen molar-refractivity contribution in [2.24, 2.45) is 29.4 Å². The number of amides is 1. The molecule has 4 aliphatic rings. The van der Waals surface area contributed by atoms with Crippen LogP contribution < -0.4 is 15.5 Å². The van der Waals surface area contributed by atoms with Crippen LogP contribution in [0.4, 0.5) is 11.4 Å². The number of aliphatic hydroxyl groups is 1. The van der Waals surface area contributed by atoms with Crippen LogP contribution in [-0.2, 0) is 25.6 Å². The minimum absolute atomic E-state index is 0.0331. The Hall–Kier alpha value is -3.31. The van der Waals surface area contributed by atoms with Crippen molar-refractivity contribution in [2.75, 3.05) is 51.1 Å². The lowest BCUT2D eigenvalue weighted by molar-refractivity contribution is -0.181. The van der Waals surface area contributed by atoms with Gasteiger partial charge in [0, 0.05) is 38.8 Å². The minimum atomic E-state index is -2.72. The van der Waals surface area contributed by atoms with E-state index < -0.39 is 64.4 Å². The van der Waals surface area contributed by atoms with E-state index >= 15 is 0 Å². The third-order valence-electron chi connectivity index (χ3n) is 9.20. The number of benzene rings is 1. The topological polar surface area (TPSA) is 162 Å². The summed E-state index contributed by atoms with van der Waals surface area (Å²) in [5.74, 6) is -10.3. The second kappa shape index (κ2) is 9.41. The Bertz CT molecular complexity index is 1280. The molecule has 0 bridgehead atoms. The summed E-state index contributed by atoms with van der Waals surface area (Å²) in [6.45, 7) is 1.45. The highest BCUT2D eigenvalue weighted by Gasteiger charge is 2.69. The summed E-state index contributed by atoms with van der Waals surface area (Å²) >= 11 is 0. The Morgan fingerprint density at radius 1 is 1.05 bits per heavy atom. The average molecular weight is 541 g/mol. The van der Waals surface area contributed by atoms with E-state index in [0.717, 1.165) is 38.0 Å². The van der Waals surface area contributed by atoms with Gasteiger partial charge in [-0.2, -0.15) is 0 Å². The van der Waals surface area contributed by atoms with Crippen LogP contribution in [0.5, 0.6) is 5.75 Å². The molecule has 1 saturated heterocycles. The fourth-order valence-electron chi connectivity index (χ4n) is 7.41. The first-order valence-electron chi connectivity index (χ1n) is 13.5. The number of nitrogens with two attached hydrogens (primary N) is 1. The zero-order chi connectivity index (χ0) is 28.5. The highest BCUT2D eigenvalue weighted by Crippen LogP contribution is 2.53. The number of fused-ring (bicyclic) bond motifs is 3. The lowest BCUT2D eigenvalue weighted by atomic mass is 9.52. The quantitative estimate of drug-likeness (QED) is 0.441. The van der Waals surface area contributed by atoms with Crippen LogP contribution in [0, 0.1) is 23.7 Å². The molecule has 2 saturated carbocycles. The zero-order valence-electron chi connectivity index (χ0n) is 22.8. The molecule has 1 aromatic carbocycles. The summed E-state index contributed by atoms with van der Waals surface area (Å²) in [5.41, 5.74) is 4.56. The molecule has 39 heavy (non-hydrogen) atoms. The van der Waals surface area contributed by atoms with Gasteiger partial charge in [-0.15, -0.1) is 0 Å². The Balaban J connectivity index is 1.65. The molecule has 1 amide bonds. The number of carbonyl (C=O) groups is 5. The van der Waals surface area contributed by atoms with E-state index in [9.17, 15) is 34.2 Å². The van der Waals surface area contributed by atoms with Crippen molar-refractivity contribution >= 4 is 40.4 Å². The Morgan fingerprint density at radius 2 is 1.69 bits per heavy atom. The molecular weight excluding hydrogens is 504 g/mol. The number of phenols is 1. The normalized spacial score (nSPS) is 32.6. The number of hydrogen-bond donors (Lipinski definition) is 3. The van der Waals surface area contributed by atoms with Crippen molar-refractivity contribution < 1.29 is 34.2 Å². The van der Waals surface area contributed by atoms with Gasteiger partial charge in [-0.3, -0.25) is 28.9 Å². The maximum atomic E-state index is 14.1. The molecule has 11 heteroatoms. The van der Waals surface area contributed by atoms with Gasteiger partial charge in [-0.05, 0) is 63.7 Å². The summed E-state index contributed by atoms with van der Waals surface area (Å²) in [7, 11) is 6.83. The highest BCUT2D eigenvalue weighted by atomic mass is 16.3. The monoisotopic (exact) mass is 540 g/mol. The largest absolute Gasteiger partial charge is 0.505 e. The summed E-state index contributed by atoms with van der Waals surface area (Å²) < 4.78 is 0. The molecular formula is C28H36N4O7. The van der Waals surface area contributed by atoms with Crippen LogP contribution in [0.15, 0.2) is 6.07 Å². The number of primary amides is 1. The zero-order valence-corrected chi connectivity index (χ0v) is 22.8. The summed E-state index contributed by atoms with van der Waals surface area (Å²) in [6, 6.07) is 0.761. The first-order chi connectivity index (χ1) is 18.3. The van der Waals surface area contributed by atoms with Gasteiger partial charge in [0.25, 0.3) is 0 Å². The molecule has 1 aromatic rings. The van der Waals surface area contributed by atoms with Gasteiger partial charge in [0.2, 0.25) is 5.91 Å². The fourth-order valence-corrected chi connectivity index (χ4v) is 7.41. The number of ketones is 4. The number of aromatic hydroxyl groups is 1. The van der Waals surface area contributed by atoms with E-state index in [1.165, 1.54) is 4.90 Å². The van der Waals surface area contributed by atoms with E-state index in [4.69, 9.17) is 5.73 Å². The number of piperidine rings is 1. The van der Waals surface area contributed by atoms with Gasteiger partial charge in [0.05, 0.1) is 23.2 Å². The molecule has 3 fully saturated rings. The van der Waals surface area contributed by atoms with E-state index in [2.05, 4.69) is 0 Å². The maximum Gasteiger partial charge on any atom is 0.235 e. The molecule has 1 heterocycles. The molecule has 11 nitrogen and oxygen atoms in total. The number of phenolic OH excluding ortho intramolecular Hbond substituents is 1. The highest BCUT2D eigenvalue weighted by molar-refractivity contribution is 6.32. The smallest absolute Gasteiger partial charge is 0.235 e. The van der Waals surface area contributed by atoms with E-state index in [1.807, 2.05) is 30.0 Å². The van der Waals surface area contributed by atoms with Gasteiger partial charge >= 0.3 is 0 Å². The van der Waals surface area contributed by atoms with Gasteiger partial charge in [0.1, 0.15) is 5.75 Å². The van der Waals surface area contributed by atoms with Crippen molar-refractivity contribution in [2.45, 2.75) is 43.7 Å². The second-order valence-electron chi connectivity index (χ2n) is 11.8. The van der Waals surface area contributed by atoms with Crippen molar-refractivity contribution in [3.63, 3.8) is 0 Å². The van der Waals surface area contributed by atoms with Crippen LogP contribution >= 0.6 is 0 Å². The molecule has 6 atom stereocenters. The average Bonchev–Trinajstić information content (AvgIpc) is 2.86. The van der Waals surface area contributed by atoms with E-state index in [-0.39, 0.29) is 24.2 Å². The lowest BCUT2D eigenvalue weighted by Gasteiger charge is -2.52. The molecule has 1 aliphatic heterocycles. The molecule has 0 radical (unpaired) electrons. The number of likely N-dealkylation sites (N-methyl/N-ethyl adjacent to an activating group) is 1. The number of carbonyl (C=O) groups excluding carboxylic acids is 5. The molecule has 5 rings (SSSR count). The van der Waals surface area contributed by atoms with Gasteiger partial charge in [0.15, 0.2) is 34.7 Å². The van der Waals surface area contributed by atoms with Gasteiger partial charge in [-0.1, -0.05) is 0 Å². The second-order valence-corrected chi connectivity index (χ2v) is 11.8. The molecule has 0 spiro atoms. The third-order valence-corrected chi connectivity index (χ3v) is 9.20. The molecule has 0 aromatic heterocycles. The number of nitrogens with zero attached hydrogens (tertiary/aromatic N) is 3. The first kappa shape index (κ1) is 27.3. The van der Waals surface area contributed by atoms with Crippen molar-refractivity contribution in [1.82, 2.24) is 4.90 Å². The fraction of sp³-hybridized carbons (Fsp3) is 0.607. The summed E-state index contributed by atoms with van der Waals surface area (Å²) in [5, 5.41) is 23.2. The number of rotatable bonds is 4. The SMILES string of the molecule is CN(C)c1cc(N2CCCCC2)c(O)c2c1CC1CC3C(N(C)C)C(=O)C(C(N)=O)C(=O)C3(O)C(=O)C1C2=O. The first-order valence-corrected chi connectivity index (χ1v) is 13.5. The van der Waals surface area contributed by atoms with Crippen LogP contribution in [0.3, 0.4) is 0 Å². The Labute approximate surface area is 226 Å². The standard InChI is InChI=1S/C28H36N4O7/c1-30(2)16-12-17(32-8-6-5-7-9-32)22(33)19-14(16)10-13-11-15-21(31(3)4)24(35)20(27(29)38)26(37)28(15,39)25(36)18(13)23(19)34/h12-13,15,18,20-21,33,39H,5-11H2,1-4H3,(H2,29,38). The number of anilines is 2. The van der Waals surface area contributed by atoms with E-state index in [1.54, 1.807) is 14.1 Å². The van der Waals surface area contributed by atoms with Gasteiger partial charge < -0.3 is 25.7 Å². The maximum absolute atomic E-state index is 14.1. The summed E-state index contributed by atoms with van der Waals surface area (Å²) in [4.78, 5) is 72.3. The number of hydrogen-bond acceptors (Lipinski definition) is 10. The van der Waals surface area contributed by atoms with E-state index in [0.29, 0.717) is 11.3 Å². The summed E-state index contributed by atoms with van der Waals surface area (Å²) in [6.07, 6.45) is 3.26. The van der Waals surface area contributed by atoms with Crippen molar-refractivity contribution in [3.05, 3.63) is 17.2 Å². The van der Waals surface area contributed by atoms with Crippen LogP contribution in [0.25, 0.3) is 0 Å². The van der Waals surface area contributed by atoms with Gasteiger partial charge in [-0.25, -0.2) is 0 Å². The van der Waals surface area contributed by atoms with Crippen LogP contribution in [-0.4, -0.2) is 97.1 Å².